The Hall–Kier alpha value is -2.14. The van der Waals surface area contributed by atoms with E-state index in [-0.39, 0.29) is 5.91 Å². The van der Waals surface area contributed by atoms with Crippen molar-refractivity contribution in [2.45, 2.75) is 13.0 Å². The van der Waals surface area contributed by atoms with Gasteiger partial charge in [0.2, 0.25) is 0 Å². The van der Waals surface area contributed by atoms with Crippen LogP contribution in [-0.2, 0) is 6.54 Å². The summed E-state index contributed by atoms with van der Waals surface area (Å²) in [7, 11) is 4.06. The predicted octanol–water partition coefficient (Wildman–Crippen LogP) is 1.61. The Balaban J connectivity index is 1.82. The largest absolute Gasteiger partial charge is 0.352 e. The lowest BCUT2D eigenvalue weighted by Gasteiger charge is -2.10. The molecule has 0 spiro atoms. The molecule has 0 bridgehead atoms. The van der Waals surface area contributed by atoms with Crippen molar-refractivity contribution in [2.75, 3.05) is 27.2 Å². The molecule has 0 unspecified atom stereocenters. The Bertz CT molecular complexity index is 546. The molecular formula is C16H22N4O. The zero-order valence-corrected chi connectivity index (χ0v) is 12.6. The van der Waals surface area contributed by atoms with Crippen molar-refractivity contribution < 1.29 is 4.79 Å². The van der Waals surface area contributed by atoms with Gasteiger partial charge in [0.25, 0.3) is 5.91 Å². The normalized spacial score (nSPS) is 10.8. The van der Waals surface area contributed by atoms with Crippen molar-refractivity contribution in [1.82, 2.24) is 20.0 Å². The van der Waals surface area contributed by atoms with E-state index in [1.54, 1.807) is 6.20 Å². The molecule has 1 amide bonds. The lowest BCUT2D eigenvalue weighted by molar-refractivity contribution is 0.0952. The Labute approximate surface area is 125 Å². The Morgan fingerprint density at radius 1 is 1.29 bits per heavy atom. The zero-order valence-electron chi connectivity index (χ0n) is 12.6. The van der Waals surface area contributed by atoms with Crippen molar-refractivity contribution in [1.29, 1.82) is 0 Å². The third-order valence-electron chi connectivity index (χ3n) is 3.19. The second kappa shape index (κ2) is 7.59. The molecule has 1 N–H and O–H groups in total. The summed E-state index contributed by atoms with van der Waals surface area (Å²) < 4.78 is 1.86. The van der Waals surface area contributed by atoms with E-state index in [0.717, 1.165) is 25.1 Å². The topological polar surface area (TPSA) is 50.2 Å². The lowest BCUT2D eigenvalue weighted by Crippen LogP contribution is -2.27. The molecule has 0 aliphatic rings. The van der Waals surface area contributed by atoms with E-state index < -0.39 is 0 Å². The van der Waals surface area contributed by atoms with Gasteiger partial charge in [0.1, 0.15) is 0 Å². The van der Waals surface area contributed by atoms with Crippen LogP contribution in [0, 0.1) is 0 Å². The number of nitrogens with one attached hydrogen (secondary N) is 1. The van der Waals surface area contributed by atoms with Gasteiger partial charge in [0.15, 0.2) is 0 Å². The van der Waals surface area contributed by atoms with Gasteiger partial charge in [-0.1, -0.05) is 12.1 Å². The number of hydrogen-bond donors (Lipinski definition) is 1. The molecule has 0 aliphatic heterocycles. The zero-order chi connectivity index (χ0) is 15.1. The van der Waals surface area contributed by atoms with E-state index in [9.17, 15) is 4.79 Å². The van der Waals surface area contributed by atoms with Crippen molar-refractivity contribution in [3.8, 4) is 0 Å². The number of hydrogen-bond acceptors (Lipinski definition) is 3. The van der Waals surface area contributed by atoms with Crippen LogP contribution in [0.1, 0.15) is 22.3 Å². The van der Waals surface area contributed by atoms with E-state index in [1.807, 2.05) is 55.3 Å². The SMILES string of the molecule is CN(C)CCCNC(=O)c1ccc(Cn2cccn2)cc1. The minimum absolute atomic E-state index is 0.0144. The number of aromatic nitrogens is 2. The van der Waals surface area contributed by atoms with E-state index in [2.05, 4.69) is 15.3 Å². The molecular weight excluding hydrogens is 264 g/mol. The average Bonchev–Trinajstić information content (AvgIpc) is 2.97. The van der Waals surface area contributed by atoms with Gasteiger partial charge in [-0.3, -0.25) is 9.48 Å². The Morgan fingerprint density at radius 2 is 2.05 bits per heavy atom. The van der Waals surface area contributed by atoms with E-state index in [1.165, 1.54) is 0 Å². The third kappa shape index (κ3) is 5.04. The second-order valence-corrected chi connectivity index (χ2v) is 5.31. The summed E-state index contributed by atoms with van der Waals surface area (Å²) >= 11 is 0. The molecule has 112 valence electrons. The van der Waals surface area contributed by atoms with Crippen LogP contribution in [0.3, 0.4) is 0 Å². The first-order chi connectivity index (χ1) is 10.1. The molecule has 1 aromatic heterocycles. The summed E-state index contributed by atoms with van der Waals surface area (Å²) in [4.78, 5) is 14.1. The summed E-state index contributed by atoms with van der Waals surface area (Å²) in [6.45, 7) is 2.40. The van der Waals surface area contributed by atoms with Crippen LogP contribution in [0.15, 0.2) is 42.7 Å². The molecule has 21 heavy (non-hydrogen) atoms. The highest BCUT2D eigenvalue weighted by Crippen LogP contribution is 2.06. The molecule has 0 saturated heterocycles. The maximum Gasteiger partial charge on any atom is 0.251 e. The van der Waals surface area contributed by atoms with Gasteiger partial charge in [0.05, 0.1) is 6.54 Å². The summed E-state index contributed by atoms with van der Waals surface area (Å²) in [5.74, 6) is -0.0144. The third-order valence-corrected chi connectivity index (χ3v) is 3.19. The fraction of sp³-hybridized carbons (Fsp3) is 0.375. The fourth-order valence-corrected chi connectivity index (χ4v) is 2.04. The molecule has 5 nitrogen and oxygen atoms in total. The van der Waals surface area contributed by atoms with Crippen LogP contribution >= 0.6 is 0 Å². The molecule has 2 aromatic rings. The van der Waals surface area contributed by atoms with Crippen molar-refractivity contribution >= 4 is 5.91 Å². The quantitative estimate of drug-likeness (QED) is 0.787. The van der Waals surface area contributed by atoms with Crippen LogP contribution in [0.4, 0.5) is 0 Å². The van der Waals surface area contributed by atoms with Crippen molar-refractivity contribution in [3.63, 3.8) is 0 Å². The van der Waals surface area contributed by atoms with Gasteiger partial charge in [-0.25, -0.2) is 0 Å². The summed E-state index contributed by atoms with van der Waals surface area (Å²) in [5, 5.41) is 7.10. The van der Waals surface area contributed by atoms with E-state index >= 15 is 0 Å². The smallest absolute Gasteiger partial charge is 0.251 e. The standard InChI is InChI=1S/C16H22N4O/c1-19(2)11-3-9-17-16(21)15-7-5-14(6-8-15)13-20-12-4-10-18-20/h4-8,10,12H,3,9,11,13H2,1-2H3,(H,17,21). The van der Waals surface area contributed by atoms with Crippen LogP contribution in [-0.4, -0.2) is 47.8 Å². The fourth-order valence-electron chi connectivity index (χ4n) is 2.04. The first-order valence-corrected chi connectivity index (χ1v) is 7.14. The predicted molar refractivity (Wildman–Crippen MR) is 83.3 cm³/mol. The number of rotatable bonds is 7. The van der Waals surface area contributed by atoms with Gasteiger partial charge >= 0.3 is 0 Å². The van der Waals surface area contributed by atoms with Gasteiger partial charge in [0, 0.05) is 24.5 Å². The average molecular weight is 286 g/mol. The Morgan fingerprint density at radius 3 is 2.67 bits per heavy atom. The second-order valence-electron chi connectivity index (χ2n) is 5.31. The molecule has 0 aliphatic carbocycles. The lowest BCUT2D eigenvalue weighted by atomic mass is 10.1. The number of benzene rings is 1. The highest BCUT2D eigenvalue weighted by atomic mass is 16.1. The number of nitrogens with zero attached hydrogens (tertiary/aromatic N) is 3. The van der Waals surface area contributed by atoms with Gasteiger partial charge in [-0.2, -0.15) is 5.10 Å². The molecule has 0 fully saturated rings. The van der Waals surface area contributed by atoms with Crippen molar-refractivity contribution in [2.24, 2.45) is 0 Å². The minimum Gasteiger partial charge on any atom is -0.352 e. The molecule has 0 atom stereocenters. The van der Waals surface area contributed by atoms with E-state index in [4.69, 9.17) is 0 Å². The van der Waals surface area contributed by atoms with Gasteiger partial charge in [-0.15, -0.1) is 0 Å². The highest BCUT2D eigenvalue weighted by molar-refractivity contribution is 5.94. The first-order valence-electron chi connectivity index (χ1n) is 7.14. The molecule has 5 heteroatoms. The summed E-state index contributed by atoms with van der Waals surface area (Å²) in [6.07, 6.45) is 4.64. The maximum absolute atomic E-state index is 12.0. The van der Waals surface area contributed by atoms with Crippen LogP contribution in [0.5, 0.6) is 0 Å². The van der Waals surface area contributed by atoms with Crippen LogP contribution < -0.4 is 5.32 Å². The molecule has 1 aromatic carbocycles. The Kier molecular flexibility index (Phi) is 5.51. The number of carbonyl (C=O) groups is 1. The number of carbonyl (C=O) groups excluding carboxylic acids is 1. The van der Waals surface area contributed by atoms with Crippen LogP contribution in [0.2, 0.25) is 0 Å². The monoisotopic (exact) mass is 286 g/mol. The van der Waals surface area contributed by atoms with E-state index in [0.29, 0.717) is 12.1 Å². The molecule has 1 heterocycles. The summed E-state index contributed by atoms with van der Waals surface area (Å²) in [5.41, 5.74) is 1.83. The van der Waals surface area contributed by atoms with Gasteiger partial charge < -0.3 is 10.2 Å². The molecule has 2 rings (SSSR count). The van der Waals surface area contributed by atoms with Gasteiger partial charge in [-0.05, 0) is 50.8 Å². The minimum atomic E-state index is -0.0144. The molecule has 0 radical (unpaired) electrons. The number of amides is 1. The first kappa shape index (κ1) is 15.3. The highest BCUT2D eigenvalue weighted by Gasteiger charge is 2.05. The summed E-state index contributed by atoms with van der Waals surface area (Å²) in [6, 6.07) is 9.56. The maximum atomic E-state index is 12.0. The van der Waals surface area contributed by atoms with Crippen LogP contribution in [0.25, 0.3) is 0 Å². The molecule has 0 saturated carbocycles. The van der Waals surface area contributed by atoms with Crippen molar-refractivity contribution in [3.05, 3.63) is 53.9 Å².